The summed E-state index contributed by atoms with van der Waals surface area (Å²) in [5, 5.41) is 8.96. The number of hydrogen-bond donors (Lipinski definition) is 1. The first-order valence-electron chi connectivity index (χ1n) is 10.4. The molecule has 0 saturated heterocycles. The van der Waals surface area contributed by atoms with E-state index in [0.717, 1.165) is 35.3 Å². The standard InChI is InChI=1S/C27H26O3/c1-19-8-7-12-22(27(19)30-18-20-9-3-2-4-10-20)16-23-17-25(23)24-13-6-5-11-21(24)14-15-26(28)29/h2-15,23,25H,16-18H2,1H3,(H,28,29)/b15-14+. The molecular weight excluding hydrogens is 372 g/mol. The summed E-state index contributed by atoms with van der Waals surface area (Å²) in [5.41, 5.74) is 5.80. The summed E-state index contributed by atoms with van der Waals surface area (Å²) in [4.78, 5) is 10.9. The number of rotatable bonds is 8. The second-order valence-corrected chi connectivity index (χ2v) is 7.94. The lowest BCUT2D eigenvalue weighted by atomic mass is 9.98. The van der Waals surface area contributed by atoms with Crippen LogP contribution in [0.15, 0.2) is 78.9 Å². The van der Waals surface area contributed by atoms with Crippen LogP contribution in [0, 0.1) is 12.8 Å². The smallest absolute Gasteiger partial charge is 0.328 e. The van der Waals surface area contributed by atoms with E-state index in [0.29, 0.717) is 18.4 Å². The summed E-state index contributed by atoms with van der Waals surface area (Å²) in [7, 11) is 0. The number of ether oxygens (including phenoxy) is 1. The Balaban J connectivity index is 1.48. The molecule has 1 aliphatic carbocycles. The maximum atomic E-state index is 10.9. The Bertz CT molecular complexity index is 1050. The molecule has 3 aromatic carbocycles. The van der Waals surface area contributed by atoms with E-state index >= 15 is 0 Å². The van der Waals surface area contributed by atoms with E-state index in [1.807, 2.05) is 36.4 Å². The van der Waals surface area contributed by atoms with Crippen LogP contribution in [0.4, 0.5) is 0 Å². The Kier molecular flexibility index (Phi) is 5.99. The minimum absolute atomic E-state index is 0.460. The summed E-state index contributed by atoms with van der Waals surface area (Å²) >= 11 is 0. The highest BCUT2D eigenvalue weighted by Gasteiger charge is 2.39. The molecule has 0 heterocycles. The van der Waals surface area contributed by atoms with Gasteiger partial charge in [0, 0.05) is 6.08 Å². The molecule has 1 N–H and O–H groups in total. The molecule has 2 unspecified atom stereocenters. The third kappa shape index (κ3) is 4.80. The number of aliphatic carboxylic acids is 1. The zero-order valence-corrected chi connectivity index (χ0v) is 17.1. The fourth-order valence-corrected chi connectivity index (χ4v) is 4.11. The Morgan fingerprint density at radius 1 is 1.03 bits per heavy atom. The summed E-state index contributed by atoms with van der Waals surface area (Å²) in [5.74, 6) is 1.08. The van der Waals surface area contributed by atoms with Crippen molar-refractivity contribution >= 4 is 12.0 Å². The van der Waals surface area contributed by atoms with Gasteiger partial charge in [0.15, 0.2) is 0 Å². The highest BCUT2D eigenvalue weighted by atomic mass is 16.5. The molecule has 0 spiro atoms. The van der Waals surface area contributed by atoms with E-state index in [4.69, 9.17) is 9.84 Å². The highest BCUT2D eigenvalue weighted by molar-refractivity contribution is 5.85. The van der Waals surface area contributed by atoms with Crippen LogP contribution < -0.4 is 4.74 Å². The van der Waals surface area contributed by atoms with E-state index in [2.05, 4.69) is 43.3 Å². The summed E-state index contributed by atoms with van der Waals surface area (Å²) < 4.78 is 6.24. The van der Waals surface area contributed by atoms with Crippen LogP contribution in [0.5, 0.6) is 5.75 Å². The van der Waals surface area contributed by atoms with Crippen LogP contribution >= 0.6 is 0 Å². The Morgan fingerprint density at radius 3 is 2.60 bits per heavy atom. The summed E-state index contributed by atoms with van der Waals surface area (Å²) in [6, 6.07) is 24.7. The van der Waals surface area contributed by atoms with Gasteiger partial charge in [0.1, 0.15) is 12.4 Å². The van der Waals surface area contributed by atoms with Crippen LogP contribution in [0.1, 0.15) is 40.2 Å². The molecule has 152 valence electrons. The van der Waals surface area contributed by atoms with Gasteiger partial charge in [-0.25, -0.2) is 4.79 Å². The molecule has 3 aromatic rings. The lowest BCUT2D eigenvalue weighted by Gasteiger charge is -2.15. The molecule has 2 atom stereocenters. The third-order valence-electron chi connectivity index (χ3n) is 5.73. The first kappa shape index (κ1) is 20.0. The lowest BCUT2D eigenvalue weighted by Crippen LogP contribution is -2.02. The van der Waals surface area contributed by atoms with E-state index in [-0.39, 0.29) is 0 Å². The van der Waals surface area contributed by atoms with Crippen molar-refractivity contribution in [3.8, 4) is 5.75 Å². The maximum absolute atomic E-state index is 10.9. The number of aryl methyl sites for hydroxylation is 1. The van der Waals surface area contributed by atoms with Gasteiger partial charge in [0.05, 0.1) is 0 Å². The van der Waals surface area contributed by atoms with E-state index in [9.17, 15) is 4.79 Å². The van der Waals surface area contributed by atoms with Gasteiger partial charge in [-0.15, -0.1) is 0 Å². The third-order valence-corrected chi connectivity index (χ3v) is 5.73. The normalized spacial score (nSPS) is 17.8. The highest BCUT2D eigenvalue weighted by Crippen LogP contribution is 2.51. The van der Waals surface area contributed by atoms with Gasteiger partial charge in [0.25, 0.3) is 0 Å². The number of benzene rings is 3. The van der Waals surface area contributed by atoms with Crippen molar-refractivity contribution in [3.05, 3.63) is 107 Å². The number of carboxylic acids is 1. The summed E-state index contributed by atoms with van der Waals surface area (Å²) in [6.45, 7) is 2.66. The van der Waals surface area contributed by atoms with Gasteiger partial charge in [0.2, 0.25) is 0 Å². The first-order valence-corrected chi connectivity index (χ1v) is 10.4. The molecule has 0 bridgehead atoms. The molecule has 3 heteroatoms. The Labute approximate surface area is 177 Å². The maximum Gasteiger partial charge on any atom is 0.328 e. The SMILES string of the molecule is Cc1cccc(CC2CC2c2ccccc2/C=C/C(=O)O)c1OCc1ccccc1. The molecule has 1 aliphatic rings. The minimum atomic E-state index is -0.919. The van der Waals surface area contributed by atoms with E-state index in [1.165, 1.54) is 17.2 Å². The van der Waals surface area contributed by atoms with Gasteiger partial charge in [-0.1, -0.05) is 72.8 Å². The van der Waals surface area contributed by atoms with Crippen molar-refractivity contribution in [1.82, 2.24) is 0 Å². The quantitative estimate of drug-likeness (QED) is 0.472. The predicted octanol–water partition coefficient (Wildman–Crippen LogP) is 6.02. The zero-order valence-electron chi connectivity index (χ0n) is 17.1. The second-order valence-electron chi connectivity index (χ2n) is 7.94. The number of hydrogen-bond acceptors (Lipinski definition) is 2. The van der Waals surface area contributed by atoms with Gasteiger partial charge < -0.3 is 9.84 Å². The van der Waals surface area contributed by atoms with Crippen molar-refractivity contribution < 1.29 is 14.6 Å². The average Bonchev–Trinajstić information content (AvgIpc) is 3.51. The topological polar surface area (TPSA) is 46.5 Å². The van der Waals surface area contributed by atoms with Crippen LogP contribution in [0.2, 0.25) is 0 Å². The van der Waals surface area contributed by atoms with Crippen molar-refractivity contribution in [2.45, 2.75) is 32.3 Å². The lowest BCUT2D eigenvalue weighted by molar-refractivity contribution is -0.131. The molecule has 1 saturated carbocycles. The van der Waals surface area contributed by atoms with Crippen molar-refractivity contribution in [2.75, 3.05) is 0 Å². The second kappa shape index (κ2) is 9.00. The summed E-state index contributed by atoms with van der Waals surface area (Å²) in [6.07, 6.45) is 5.00. The largest absolute Gasteiger partial charge is 0.488 e. The number of carboxylic acid groups (broad SMARTS) is 1. The van der Waals surface area contributed by atoms with Crippen molar-refractivity contribution in [1.29, 1.82) is 0 Å². The number of para-hydroxylation sites is 1. The molecular formula is C27H26O3. The molecule has 0 radical (unpaired) electrons. The van der Waals surface area contributed by atoms with Gasteiger partial charge in [-0.05, 0) is 65.5 Å². The van der Waals surface area contributed by atoms with E-state index in [1.54, 1.807) is 6.08 Å². The fourth-order valence-electron chi connectivity index (χ4n) is 4.11. The van der Waals surface area contributed by atoms with Crippen molar-refractivity contribution in [2.24, 2.45) is 5.92 Å². The molecule has 0 aliphatic heterocycles. The predicted molar refractivity (Wildman–Crippen MR) is 120 cm³/mol. The van der Waals surface area contributed by atoms with Crippen LogP contribution in [-0.4, -0.2) is 11.1 Å². The first-order chi connectivity index (χ1) is 14.6. The molecule has 3 nitrogen and oxygen atoms in total. The average molecular weight is 399 g/mol. The molecule has 0 aromatic heterocycles. The van der Waals surface area contributed by atoms with Gasteiger partial charge >= 0.3 is 5.97 Å². The monoisotopic (exact) mass is 398 g/mol. The van der Waals surface area contributed by atoms with Crippen LogP contribution in [0.25, 0.3) is 6.08 Å². The molecule has 1 fully saturated rings. The minimum Gasteiger partial charge on any atom is -0.488 e. The van der Waals surface area contributed by atoms with Crippen molar-refractivity contribution in [3.63, 3.8) is 0 Å². The number of carbonyl (C=O) groups is 1. The molecule has 30 heavy (non-hydrogen) atoms. The molecule has 0 amide bonds. The fraction of sp³-hybridized carbons (Fsp3) is 0.222. The zero-order chi connectivity index (χ0) is 20.9. The Morgan fingerprint density at radius 2 is 1.80 bits per heavy atom. The van der Waals surface area contributed by atoms with E-state index < -0.39 is 5.97 Å². The van der Waals surface area contributed by atoms with Crippen LogP contribution in [0.3, 0.4) is 0 Å². The van der Waals surface area contributed by atoms with Gasteiger partial charge in [-0.2, -0.15) is 0 Å². The van der Waals surface area contributed by atoms with Gasteiger partial charge in [-0.3, -0.25) is 0 Å². The van der Waals surface area contributed by atoms with Crippen LogP contribution in [-0.2, 0) is 17.8 Å². The Hall–Kier alpha value is -3.33. The molecule has 4 rings (SSSR count).